The molecule has 0 unspecified atom stereocenters. The third kappa shape index (κ3) is 2.75. The highest BCUT2D eigenvalue weighted by Crippen LogP contribution is 2.19. The number of nitriles is 1. The zero-order valence-corrected chi connectivity index (χ0v) is 10.8. The third-order valence-corrected chi connectivity index (χ3v) is 2.80. The molecule has 0 spiro atoms. The Labute approximate surface area is 115 Å². The average Bonchev–Trinajstić information content (AvgIpc) is 2.43. The molecule has 0 fully saturated rings. The number of amides is 1. The number of rotatable bonds is 2. The number of carbonyl (C=O) groups excluding carboxylic acids is 1. The van der Waals surface area contributed by atoms with Crippen molar-refractivity contribution in [3.05, 3.63) is 58.9 Å². The molecule has 5 heteroatoms. The molecule has 3 N–H and O–H groups in total. The number of carbonyl (C=O) groups is 1. The first-order chi connectivity index (χ1) is 9.51. The number of nitrogens with two attached hydrogens (primary N) is 1. The minimum atomic E-state index is -0.663. The third-order valence-electron chi connectivity index (χ3n) is 2.80. The maximum Gasteiger partial charge on any atom is 0.257 e. The SMILES string of the molecule is Cc1ccc(N)c(C(=O)Nc2ccc(C#N)cc2F)c1. The summed E-state index contributed by atoms with van der Waals surface area (Å²) in [5, 5.41) is 11.1. The number of hydrogen-bond donors (Lipinski definition) is 2. The van der Waals surface area contributed by atoms with Crippen molar-refractivity contribution < 1.29 is 9.18 Å². The molecule has 0 atom stereocenters. The number of nitrogen functional groups attached to an aromatic ring is 1. The number of aryl methyl sites for hydroxylation is 1. The molecule has 4 nitrogen and oxygen atoms in total. The molecular formula is C15H12FN3O. The Kier molecular flexibility index (Phi) is 3.67. The highest BCUT2D eigenvalue weighted by molar-refractivity contribution is 6.07. The van der Waals surface area contributed by atoms with Crippen LogP contribution in [0.15, 0.2) is 36.4 Å². The molecule has 0 heterocycles. The Bertz CT molecular complexity index is 720. The van der Waals surface area contributed by atoms with Crippen LogP contribution >= 0.6 is 0 Å². The average molecular weight is 269 g/mol. The second kappa shape index (κ2) is 5.41. The van der Waals surface area contributed by atoms with E-state index in [1.807, 2.05) is 13.0 Å². The fraction of sp³-hybridized carbons (Fsp3) is 0.0667. The van der Waals surface area contributed by atoms with Crippen molar-refractivity contribution in [3.8, 4) is 6.07 Å². The van der Waals surface area contributed by atoms with Gasteiger partial charge in [0.1, 0.15) is 5.82 Å². The predicted octanol–water partition coefficient (Wildman–Crippen LogP) is 2.84. The number of anilines is 2. The molecule has 0 saturated heterocycles. The smallest absolute Gasteiger partial charge is 0.257 e. The van der Waals surface area contributed by atoms with Crippen LogP contribution in [-0.2, 0) is 0 Å². The van der Waals surface area contributed by atoms with E-state index in [1.165, 1.54) is 12.1 Å². The maximum atomic E-state index is 13.7. The molecule has 2 rings (SSSR count). The molecule has 0 aliphatic carbocycles. The molecule has 2 aromatic rings. The van der Waals surface area contributed by atoms with Gasteiger partial charge in [0.25, 0.3) is 5.91 Å². The first kappa shape index (κ1) is 13.6. The monoisotopic (exact) mass is 269 g/mol. The van der Waals surface area contributed by atoms with E-state index in [-0.39, 0.29) is 16.8 Å². The minimum absolute atomic E-state index is 0.00917. The molecular weight excluding hydrogens is 257 g/mol. The van der Waals surface area contributed by atoms with Gasteiger partial charge >= 0.3 is 0 Å². The molecule has 2 aromatic carbocycles. The van der Waals surface area contributed by atoms with E-state index in [0.29, 0.717) is 5.69 Å². The summed E-state index contributed by atoms with van der Waals surface area (Å²) in [6, 6.07) is 10.7. The Morgan fingerprint density at radius 2 is 2.05 bits per heavy atom. The van der Waals surface area contributed by atoms with Gasteiger partial charge in [-0.2, -0.15) is 5.26 Å². The van der Waals surface area contributed by atoms with Gasteiger partial charge in [0.05, 0.1) is 22.9 Å². The lowest BCUT2D eigenvalue weighted by Crippen LogP contribution is -2.15. The van der Waals surface area contributed by atoms with E-state index in [4.69, 9.17) is 11.0 Å². The standard InChI is InChI=1S/C15H12FN3O/c1-9-2-4-13(18)11(6-9)15(20)19-14-5-3-10(8-17)7-12(14)16/h2-7H,18H2,1H3,(H,19,20). The van der Waals surface area contributed by atoms with Gasteiger partial charge in [-0.05, 0) is 37.3 Å². The molecule has 0 bridgehead atoms. The van der Waals surface area contributed by atoms with Gasteiger partial charge in [-0.1, -0.05) is 11.6 Å². The normalized spacial score (nSPS) is 9.85. The molecule has 0 saturated carbocycles. The lowest BCUT2D eigenvalue weighted by Gasteiger charge is -2.09. The van der Waals surface area contributed by atoms with Gasteiger partial charge in [0.15, 0.2) is 0 Å². The van der Waals surface area contributed by atoms with Crippen LogP contribution in [0.3, 0.4) is 0 Å². The summed E-state index contributed by atoms with van der Waals surface area (Å²) in [4.78, 5) is 12.1. The largest absolute Gasteiger partial charge is 0.398 e. The molecule has 20 heavy (non-hydrogen) atoms. The Morgan fingerprint density at radius 3 is 2.70 bits per heavy atom. The summed E-state index contributed by atoms with van der Waals surface area (Å²) in [6.07, 6.45) is 0. The van der Waals surface area contributed by atoms with Crippen molar-refractivity contribution in [2.75, 3.05) is 11.1 Å². The van der Waals surface area contributed by atoms with Crippen molar-refractivity contribution in [1.82, 2.24) is 0 Å². The van der Waals surface area contributed by atoms with Gasteiger partial charge in [-0.15, -0.1) is 0 Å². The highest BCUT2D eigenvalue weighted by Gasteiger charge is 2.12. The van der Waals surface area contributed by atoms with E-state index < -0.39 is 11.7 Å². The molecule has 0 aliphatic heterocycles. The second-order valence-electron chi connectivity index (χ2n) is 4.35. The molecule has 100 valence electrons. The van der Waals surface area contributed by atoms with Gasteiger partial charge in [0.2, 0.25) is 0 Å². The van der Waals surface area contributed by atoms with Crippen LogP contribution in [0.1, 0.15) is 21.5 Å². The maximum absolute atomic E-state index is 13.7. The first-order valence-electron chi connectivity index (χ1n) is 5.88. The summed E-state index contributed by atoms with van der Waals surface area (Å²) < 4.78 is 13.7. The van der Waals surface area contributed by atoms with Crippen molar-refractivity contribution in [2.24, 2.45) is 0 Å². The summed E-state index contributed by atoms with van der Waals surface area (Å²) in [6.45, 7) is 1.83. The van der Waals surface area contributed by atoms with Crippen LogP contribution in [0.2, 0.25) is 0 Å². The van der Waals surface area contributed by atoms with Crippen LogP contribution in [0.4, 0.5) is 15.8 Å². The van der Waals surface area contributed by atoms with E-state index >= 15 is 0 Å². The number of nitrogens with zero attached hydrogens (tertiary/aromatic N) is 1. The quantitative estimate of drug-likeness (QED) is 0.823. The zero-order valence-electron chi connectivity index (χ0n) is 10.8. The van der Waals surface area contributed by atoms with Crippen molar-refractivity contribution >= 4 is 17.3 Å². The highest BCUT2D eigenvalue weighted by atomic mass is 19.1. The van der Waals surface area contributed by atoms with E-state index in [2.05, 4.69) is 5.32 Å². The topological polar surface area (TPSA) is 78.9 Å². The summed E-state index contributed by atoms with van der Waals surface area (Å²) in [5.74, 6) is -1.15. The van der Waals surface area contributed by atoms with E-state index in [1.54, 1.807) is 18.2 Å². The fourth-order valence-electron chi connectivity index (χ4n) is 1.74. The fourth-order valence-corrected chi connectivity index (χ4v) is 1.74. The van der Waals surface area contributed by atoms with E-state index in [9.17, 15) is 9.18 Å². The lowest BCUT2D eigenvalue weighted by atomic mass is 10.1. The van der Waals surface area contributed by atoms with Crippen LogP contribution in [-0.4, -0.2) is 5.91 Å². The van der Waals surface area contributed by atoms with Gasteiger partial charge in [-0.25, -0.2) is 4.39 Å². The van der Waals surface area contributed by atoms with Crippen molar-refractivity contribution in [1.29, 1.82) is 5.26 Å². The van der Waals surface area contributed by atoms with Crippen LogP contribution < -0.4 is 11.1 Å². The predicted molar refractivity (Wildman–Crippen MR) is 74.7 cm³/mol. The Morgan fingerprint density at radius 1 is 1.30 bits per heavy atom. The number of halogens is 1. The van der Waals surface area contributed by atoms with Crippen LogP contribution in [0.5, 0.6) is 0 Å². The summed E-state index contributed by atoms with van der Waals surface area (Å²) >= 11 is 0. The molecule has 1 amide bonds. The van der Waals surface area contributed by atoms with Crippen LogP contribution in [0.25, 0.3) is 0 Å². The van der Waals surface area contributed by atoms with Gasteiger partial charge in [-0.3, -0.25) is 4.79 Å². The van der Waals surface area contributed by atoms with Crippen LogP contribution in [0, 0.1) is 24.1 Å². The second-order valence-corrected chi connectivity index (χ2v) is 4.35. The number of hydrogen-bond acceptors (Lipinski definition) is 3. The Balaban J connectivity index is 2.28. The minimum Gasteiger partial charge on any atom is -0.398 e. The van der Waals surface area contributed by atoms with Gasteiger partial charge in [0, 0.05) is 5.69 Å². The van der Waals surface area contributed by atoms with E-state index in [0.717, 1.165) is 11.6 Å². The van der Waals surface area contributed by atoms with Gasteiger partial charge < -0.3 is 11.1 Å². The summed E-state index contributed by atoms with van der Waals surface area (Å²) in [7, 11) is 0. The lowest BCUT2D eigenvalue weighted by molar-refractivity contribution is 0.102. The van der Waals surface area contributed by atoms with Crippen molar-refractivity contribution in [3.63, 3.8) is 0 Å². The number of nitrogens with one attached hydrogen (secondary N) is 1. The first-order valence-corrected chi connectivity index (χ1v) is 5.88. The Hall–Kier alpha value is -2.87. The molecule has 0 aliphatic rings. The summed E-state index contributed by atoms with van der Waals surface area (Å²) in [5.41, 5.74) is 7.42. The molecule has 0 aromatic heterocycles. The van der Waals surface area contributed by atoms with Crippen molar-refractivity contribution in [2.45, 2.75) is 6.92 Å². The molecule has 0 radical (unpaired) electrons. The zero-order chi connectivity index (χ0) is 14.7. The number of benzene rings is 2.